The van der Waals surface area contributed by atoms with E-state index in [2.05, 4.69) is 17.3 Å². The van der Waals surface area contributed by atoms with Gasteiger partial charge >= 0.3 is 0 Å². The molecule has 2 fully saturated rings. The second-order valence-corrected chi connectivity index (χ2v) is 3.66. The van der Waals surface area contributed by atoms with Crippen molar-refractivity contribution in [3.8, 4) is 0 Å². The lowest BCUT2D eigenvalue weighted by Crippen LogP contribution is -2.34. The van der Waals surface area contributed by atoms with Gasteiger partial charge in [-0.1, -0.05) is 6.92 Å². The normalized spacial score (nSPS) is 44.2. The van der Waals surface area contributed by atoms with Crippen molar-refractivity contribution in [2.75, 3.05) is 13.6 Å². The van der Waals surface area contributed by atoms with E-state index in [0.717, 1.165) is 13.0 Å². The summed E-state index contributed by atoms with van der Waals surface area (Å²) >= 11 is 0. The Kier molecular flexibility index (Phi) is 1.42. The zero-order valence-corrected chi connectivity index (χ0v) is 7.00. The van der Waals surface area contributed by atoms with Crippen molar-refractivity contribution in [3.05, 3.63) is 0 Å². The summed E-state index contributed by atoms with van der Waals surface area (Å²) in [4.78, 5) is 13.5. The summed E-state index contributed by atoms with van der Waals surface area (Å²) in [6.45, 7) is 3.14. The molecule has 62 valence electrons. The van der Waals surface area contributed by atoms with Gasteiger partial charge in [0, 0.05) is 18.6 Å². The van der Waals surface area contributed by atoms with Crippen molar-refractivity contribution in [1.82, 2.24) is 10.2 Å². The molecule has 2 rings (SSSR count). The SMILES string of the molecule is C[C@@H]1C(=O)N[C@@H]2CCN(C)[C@@H]12. The van der Waals surface area contributed by atoms with Crippen LogP contribution in [0.3, 0.4) is 0 Å². The number of hydrogen-bond donors (Lipinski definition) is 1. The van der Waals surface area contributed by atoms with Crippen molar-refractivity contribution in [3.63, 3.8) is 0 Å². The minimum absolute atomic E-state index is 0.187. The first-order chi connectivity index (χ1) is 5.20. The number of likely N-dealkylation sites (N-methyl/N-ethyl adjacent to an activating group) is 1. The van der Waals surface area contributed by atoms with E-state index in [9.17, 15) is 4.79 Å². The van der Waals surface area contributed by atoms with Crippen LogP contribution in [0.2, 0.25) is 0 Å². The van der Waals surface area contributed by atoms with Crippen LogP contribution in [-0.4, -0.2) is 36.5 Å². The van der Waals surface area contributed by atoms with Crippen LogP contribution in [0.1, 0.15) is 13.3 Å². The molecule has 0 aromatic heterocycles. The monoisotopic (exact) mass is 154 g/mol. The predicted octanol–water partition coefficient (Wildman–Crippen LogP) is -0.175. The smallest absolute Gasteiger partial charge is 0.224 e. The van der Waals surface area contributed by atoms with Gasteiger partial charge in [0.05, 0.1) is 5.92 Å². The van der Waals surface area contributed by atoms with Crippen LogP contribution >= 0.6 is 0 Å². The Bertz CT molecular complexity index is 193. The number of nitrogens with zero attached hydrogens (tertiary/aromatic N) is 1. The third-order valence-corrected chi connectivity index (χ3v) is 2.97. The third kappa shape index (κ3) is 0.872. The third-order valence-electron chi connectivity index (χ3n) is 2.97. The van der Waals surface area contributed by atoms with Crippen LogP contribution in [0.5, 0.6) is 0 Å². The Labute approximate surface area is 66.8 Å². The molecule has 0 aromatic rings. The Hall–Kier alpha value is -0.570. The lowest BCUT2D eigenvalue weighted by atomic mass is 10.0. The fourth-order valence-electron chi connectivity index (χ4n) is 2.33. The van der Waals surface area contributed by atoms with Crippen LogP contribution in [0.25, 0.3) is 0 Å². The van der Waals surface area contributed by atoms with E-state index < -0.39 is 0 Å². The first-order valence-corrected chi connectivity index (χ1v) is 4.21. The molecule has 11 heavy (non-hydrogen) atoms. The highest BCUT2D eigenvalue weighted by atomic mass is 16.2. The lowest BCUT2D eigenvalue weighted by molar-refractivity contribution is -0.122. The topological polar surface area (TPSA) is 32.3 Å². The fraction of sp³-hybridized carbons (Fsp3) is 0.875. The van der Waals surface area contributed by atoms with E-state index >= 15 is 0 Å². The molecule has 0 saturated carbocycles. The molecular formula is C8H14N2O. The molecule has 0 unspecified atom stereocenters. The summed E-state index contributed by atoms with van der Waals surface area (Å²) < 4.78 is 0. The maximum atomic E-state index is 11.2. The molecule has 0 aromatic carbocycles. The molecule has 0 bridgehead atoms. The van der Waals surface area contributed by atoms with Gasteiger partial charge in [-0.05, 0) is 13.5 Å². The molecule has 0 aliphatic carbocycles. The molecule has 1 amide bonds. The molecule has 2 saturated heterocycles. The van der Waals surface area contributed by atoms with E-state index in [-0.39, 0.29) is 11.8 Å². The van der Waals surface area contributed by atoms with Crippen LogP contribution in [-0.2, 0) is 4.79 Å². The molecule has 0 radical (unpaired) electrons. The number of fused-ring (bicyclic) bond motifs is 1. The predicted molar refractivity (Wildman–Crippen MR) is 42.1 cm³/mol. The van der Waals surface area contributed by atoms with Gasteiger partial charge in [-0.2, -0.15) is 0 Å². The van der Waals surface area contributed by atoms with Gasteiger partial charge in [0.25, 0.3) is 0 Å². The standard InChI is InChI=1S/C8H14N2O/c1-5-7-6(9-8(5)11)3-4-10(7)2/h5-7H,3-4H2,1-2H3,(H,9,11)/t5-,6+,7-/m0/s1. The van der Waals surface area contributed by atoms with Gasteiger partial charge in [-0.15, -0.1) is 0 Å². The number of hydrogen-bond acceptors (Lipinski definition) is 2. The number of carbonyl (C=O) groups excluding carboxylic acids is 1. The van der Waals surface area contributed by atoms with Crippen LogP contribution in [0.15, 0.2) is 0 Å². The summed E-state index contributed by atoms with van der Waals surface area (Å²) in [6, 6.07) is 0.894. The number of amides is 1. The van der Waals surface area contributed by atoms with Gasteiger partial charge < -0.3 is 10.2 Å². The van der Waals surface area contributed by atoms with Crippen molar-refractivity contribution in [2.45, 2.75) is 25.4 Å². The molecule has 2 aliphatic rings. The maximum Gasteiger partial charge on any atom is 0.224 e. The lowest BCUT2D eigenvalue weighted by Gasteiger charge is -2.19. The Balaban J connectivity index is 2.19. The second kappa shape index (κ2) is 2.21. The fourth-order valence-corrected chi connectivity index (χ4v) is 2.33. The van der Waals surface area contributed by atoms with Gasteiger partial charge in [0.1, 0.15) is 0 Å². The summed E-state index contributed by atoms with van der Waals surface area (Å²) in [7, 11) is 2.10. The van der Waals surface area contributed by atoms with E-state index in [1.807, 2.05) is 6.92 Å². The highest BCUT2D eigenvalue weighted by Crippen LogP contribution is 2.28. The van der Waals surface area contributed by atoms with Gasteiger partial charge in [-0.3, -0.25) is 4.79 Å². The Morgan fingerprint density at radius 3 is 3.00 bits per heavy atom. The Morgan fingerprint density at radius 2 is 2.36 bits per heavy atom. The van der Waals surface area contributed by atoms with Crippen molar-refractivity contribution in [2.24, 2.45) is 5.92 Å². The van der Waals surface area contributed by atoms with E-state index in [1.165, 1.54) is 0 Å². The summed E-state index contributed by atoms with van der Waals surface area (Å²) in [5.74, 6) is 0.416. The van der Waals surface area contributed by atoms with Gasteiger partial charge in [-0.25, -0.2) is 0 Å². The zero-order chi connectivity index (χ0) is 8.01. The first kappa shape index (κ1) is 7.10. The molecule has 2 aliphatic heterocycles. The average Bonchev–Trinajstić information content (AvgIpc) is 2.41. The molecule has 2 heterocycles. The minimum Gasteiger partial charge on any atom is -0.351 e. The summed E-state index contributed by atoms with van der Waals surface area (Å²) in [5, 5.41) is 3.02. The van der Waals surface area contributed by atoms with E-state index in [4.69, 9.17) is 0 Å². The quantitative estimate of drug-likeness (QED) is 0.525. The second-order valence-electron chi connectivity index (χ2n) is 3.66. The largest absolute Gasteiger partial charge is 0.351 e. The maximum absolute atomic E-state index is 11.2. The number of nitrogens with one attached hydrogen (secondary N) is 1. The van der Waals surface area contributed by atoms with Crippen LogP contribution < -0.4 is 5.32 Å². The van der Waals surface area contributed by atoms with Crippen molar-refractivity contribution < 1.29 is 4.79 Å². The molecule has 3 heteroatoms. The summed E-state index contributed by atoms with van der Waals surface area (Å²) in [5.41, 5.74) is 0. The zero-order valence-electron chi connectivity index (χ0n) is 7.00. The van der Waals surface area contributed by atoms with Gasteiger partial charge in [0.15, 0.2) is 0 Å². The summed E-state index contributed by atoms with van der Waals surface area (Å²) in [6.07, 6.45) is 1.12. The number of likely N-dealkylation sites (tertiary alicyclic amines) is 1. The molecule has 1 N–H and O–H groups in total. The molecule has 3 atom stereocenters. The van der Waals surface area contributed by atoms with E-state index in [1.54, 1.807) is 0 Å². The average molecular weight is 154 g/mol. The molecule has 0 spiro atoms. The minimum atomic E-state index is 0.187. The molecule has 3 nitrogen and oxygen atoms in total. The first-order valence-electron chi connectivity index (χ1n) is 4.21. The van der Waals surface area contributed by atoms with Gasteiger partial charge in [0.2, 0.25) is 5.91 Å². The number of rotatable bonds is 0. The molecular weight excluding hydrogens is 140 g/mol. The van der Waals surface area contributed by atoms with Crippen molar-refractivity contribution in [1.29, 1.82) is 0 Å². The Morgan fingerprint density at radius 1 is 1.64 bits per heavy atom. The number of carbonyl (C=O) groups is 1. The van der Waals surface area contributed by atoms with Crippen molar-refractivity contribution >= 4 is 5.91 Å². The van der Waals surface area contributed by atoms with Crippen LogP contribution in [0, 0.1) is 5.92 Å². The highest BCUT2D eigenvalue weighted by Gasteiger charge is 2.44. The highest BCUT2D eigenvalue weighted by molar-refractivity contribution is 5.82. The van der Waals surface area contributed by atoms with E-state index in [0.29, 0.717) is 12.1 Å². The van der Waals surface area contributed by atoms with Crippen LogP contribution in [0.4, 0.5) is 0 Å².